The van der Waals surface area contributed by atoms with E-state index in [9.17, 15) is 0 Å². The van der Waals surface area contributed by atoms with Crippen LogP contribution in [0.1, 0.15) is 46.5 Å². The maximum atomic E-state index is 5.97. The first-order valence-electron chi connectivity index (χ1n) is 6.11. The Balaban J connectivity index is 2.64. The van der Waals surface area contributed by atoms with Crippen molar-refractivity contribution in [3.8, 4) is 0 Å². The second-order valence-corrected chi connectivity index (χ2v) is 4.95. The van der Waals surface area contributed by atoms with Crippen molar-refractivity contribution in [3.63, 3.8) is 0 Å². The zero-order valence-corrected chi connectivity index (χ0v) is 9.97. The molecule has 3 N–H and O–H groups in total. The van der Waals surface area contributed by atoms with Crippen molar-refractivity contribution in [3.05, 3.63) is 0 Å². The zero-order valence-electron chi connectivity index (χ0n) is 9.97. The first-order valence-corrected chi connectivity index (χ1v) is 6.11. The normalized spacial score (nSPS) is 38.6. The van der Waals surface area contributed by atoms with Crippen LogP contribution in [0.2, 0.25) is 0 Å². The van der Waals surface area contributed by atoms with Gasteiger partial charge in [-0.05, 0) is 31.2 Å². The van der Waals surface area contributed by atoms with E-state index in [1.54, 1.807) is 0 Å². The minimum absolute atomic E-state index is 0.230. The predicted molar refractivity (Wildman–Crippen MR) is 62.3 cm³/mol. The van der Waals surface area contributed by atoms with Gasteiger partial charge in [0.1, 0.15) is 0 Å². The summed E-state index contributed by atoms with van der Waals surface area (Å²) in [6.45, 7) is 8.84. The van der Waals surface area contributed by atoms with Crippen molar-refractivity contribution in [2.45, 2.75) is 52.0 Å². The number of nitrogens with one attached hydrogen (secondary N) is 1. The van der Waals surface area contributed by atoms with Crippen LogP contribution in [-0.4, -0.2) is 18.6 Å². The number of rotatable bonds is 4. The maximum absolute atomic E-state index is 5.97. The molecule has 3 atom stereocenters. The SMILES string of the molecule is CCCNC1(CN)CCCC(C)C1C. The van der Waals surface area contributed by atoms with Crippen LogP contribution in [-0.2, 0) is 0 Å². The number of nitrogens with two attached hydrogens (primary N) is 1. The van der Waals surface area contributed by atoms with Gasteiger partial charge in [-0.2, -0.15) is 0 Å². The highest BCUT2D eigenvalue weighted by molar-refractivity contribution is 4.98. The molecule has 2 heteroatoms. The standard InChI is InChI=1S/C12H26N2/c1-4-8-14-12(9-13)7-5-6-10(2)11(12)3/h10-11,14H,4-9,13H2,1-3H3. The fourth-order valence-electron chi connectivity index (χ4n) is 2.75. The lowest BCUT2D eigenvalue weighted by molar-refractivity contribution is 0.112. The molecular formula is C12H26N2. The number of hydrogen-bond acceptors (Lipinski definition) is 2. The maximum Gasteiger partial charge on any atom is 0.0332 e. The Labute approximate surface area is 88.6 Å². The fraction of sp³-hybridized carbons (Fsp3) is 1.00. The highest BCUT2D eigenvalue weighted by atomic mass is 15.0. The molecule has 0 spiro atoms. The fourth-order valence-corrected chi connectivity index (χ4v) is 2.75. The predicted octanol–water partition coefficient (Wildman–Crippen LogP) is 2.14. The van der Waals surface area contributed by atoms with Crippen LogP contribution in [0.15, 0.2) is 0 Å². The number of hydrogen-bond donors (Lipinski definition) is 2. The first-order chi connectivity index (χ1) is 6.66. The van der Waals surface area contributed by atoms with Crippen molar-refractivity contribution >= 4 is 0 Å². The molecule has 3 unspecified atom stereocenters. The molecule has 0 bridgehead atoms. The molecule has 0 aromatic carbocycles. The average Bonchev–Trinajstić information content (AvgIpc) is 2.21. The summed E-state index contributed by atoms with van der Waals surface area (Å²) < 4.78 is 0. The lowest BCUT2D eigenvalue weighted by atomic mass is 9.68. The summed E-state index contributed by atoms with van der Waals surface area (Å²) in [6.07, 6.45) is 5.16. The van der Waals surface area contributed by atoms with Crippen LogP contribution in [0.5, 0.6) is 0 Å². The van der Waals surface area contributed by atoms with E-state index >= 15 is 0 Å². The van der Waals surface area contributed by atoms with Gasteiger partial charge in [0, 0.05) is 12.1 Å². The zero-order chi connectivity index (χ0) is 10.6. The molecule has 0 saturated heterocycles. The monoisotopic (exact) mass is 198 g/mol. The largest absolute Gasteiger partial charge is 0.329 e. The van der Waals surface area contributed by atoms with Gasteiger partial charge in [0.05, 0.1) is 0 Å². The van der Waals surface area contributed by atoms with Crippen LogP contribution in [0.4, 0.5) is 0 Å². The lowest BCUT2D eigenvalue weighted by Crippen LogP contribution is -2.59. The quantitative estimate of drug-likeness (QED) is 0.726. The molecule has 1 fully saturated rings. The molecule has 0 aliphatic heterocycles. The smallest absolute Gasteiger partial charge is 0.0332 e. The van der Waals surface area contributed by atoms with Gasteiger partial charge < -0.3 is 11.1 Å². The van der Waals surface area contributed by atoms with Crippen LogP contribution >= 0.6 is 0 Å². The van der Waals surface area contributed by atoms with Gasteiger partial charge >= 0.3 is 0 Å². The molecule has 14 heavy (non-hydrogen) atoms. The molecule has 0 heterocycles. The summed E-state index contributed by atoms with van der Waals surface area (Å²) in [5.74, 6) is 1.53. The molecule has 2 nitrogen and oxygen atoms in total. The van der Waals surface area contributed by atoms with Gasteiger partial charge in [-0.3, -0.25) is 0 Å². The van der Waals surface area contributed by atoms with Gasteiger partial charge in [0.15, 0.2) is 0 Å². The van der Waals surface area contributed by atoms with Crippen LogP contribution < -0.4 is 11.1 Å². The highest BCUT2D eigenvalue weighted by Gasteiger charge is 2.39. The van der Waals surface area contributed by atoms with Crippen molar-refractivity contribution in [2.24, 2.45) is 17.6 Å². The highest BCUT2D eigenvalue weighted by Crippen LogP contribution is 2.36. The molecule has 1 rings (SSSR count). The van der Waals surface area contributed by atoms with E-state index in [0.29, 0.717) is 5.92 Å². The molecule has 0 radical (unpaired) electrons. The molecule has 0 amide bonds. The van der Waals surface area contributed by atoms with Crippen LogP contribution in [0, 0.1) is 11.8 Å². The summed E-state index contributed by atoms with van der Waals surface area (Å²) >= 11 is 0. The van der Waals surface area contributed by atoms with E-state index in [0.717, 1.165) is 19.0 Å². The van der Waals surface area contributed by atoms with Crippen molar-refractivity contribution in [2.75, 3.05) is 13.1 Å². The van der Waals surface area contributed by atoms with E-state index in [2.05, 4.69) is 26.1 Å². The summed E-state index contributed by atoms with van der Waals surface area (Å²) in [4.78, 5) is 0. The van der Waals surface area contributed by atoms with Gasteiger partial charge in [-0.1, -0.05) is 33.6 Å². The van der Waals surface area contributed by atoms with Crippen molar-refractivity contribution in [1.82, 2.24) is 5.32 Å². The summed E-state index contributed by atoms with van der Waals surface area (Å²) in [5, 5.41) is 3.69. The molecule has 84 valence electrons. The van der Waals surface area contributed by atoms with Gasteiger partial charge in [0.25, 0.3) is 0 Å². The molecule has 1 saturated carbocycles. The second kappa shape index (κ2) is 5.13. The molecular weight excluding hydrogens is 172 g/mol. The molecule has 0 aromatic rings. The third kappa shape index (κ3) is 2.29. The minimum atomic E-state index is 0.230. The van der Waals surface area contributed by atoms with E-state index in [1.165, 1.54) is 25.7 Å². The Morgan fingerprint density at radius 1 is 1.43 bits per heavy atom. The Morgan fingerprint density at radius 3 is 2.71 bits per heavy atom. The van der Waals surface area contributed by atoms with E-state index in [4.69, 9.17) is 5.73 Å². The Kier molecular flexibility index (Phi) is 4.39. The first kappa shape index (κ1) is 12.0. The topological polar surface area (TPSA) is 38.0 Å². The summed E-state index contributed by atoms with van der Waals surface area (Å²) in [6, 6.07) is 0. The summed E-state index contributed by atoms with van der Waals surface area (Å²) in [7, 11) is 0. The lowest BCUT2D eigenvalue weighted by Gasteiger charge is -2.46. The van der Waals surface area contributed by atoms with Gasteiger partial charge in [0.2, 0.25) is 0 Å². The van der Waals surface area contributed by atoms with Gasteiger partial charge in [-0.15, -0.1) is 0 Å². The van der Waals surface area contributed by atoms with Crippen LogP contribution in [0.25, 0.3) is 0 Å². The van der Waals surface area contributed by atoms with Crippen LogP contribution in [0.3, 0.4) is 0 Å². The molecule has 1 aliphatic rings. The Hall–Kier alpha value is -0.0800. The van der Waals surface area contributed by atoms with E-state index < -0.39 is 0 Å². The third-order valence-corrected chi connectivity index (χ3v) is 4.10. The summed E-state index contributed by atoms with van der Waals surface area (Å²) in [5.41, 5.74) is 6.20. The van der Waals surface area contributed by atoms with E-state index in [1.807, 2.05) is 0 Å². The average molecular weight is 198 g/mol. The van der Waals surface area contributed by atoms with Crippen molar-refractivity contribution in [1.29, 1.82) is 0 Å². The Bertz CT molecular complexity index is 170. The minimum Gasteiger partial charge on any atom is -0.329 e. The van der Waals surface area contributed by atoms with Crippen molar-refractivity contribution < 1.29 is 0 Å². The van der Waals surface area contributed by atoms with E-state index in [-0.39, 0.29) is 5.54 Å². The third-order valence-electron chi connectivity index (χ3n) is 4.10. The second-order valence-electron chi connectivity index (χ2n) is 4.95. The Morgan fingerprint density at radius 2 is 2.14 bits per heavy atom. The molecule has 1 aliphatic carbocycles. The van der Waals surface area contributed by atoms with Gasteiger partial charge in [-0.25, -0.2) is 0 Å². The molecule has 0 aromatic heterocycles.